The number of nitrogens with zero attached hydrogens (tertiary/aromatic N) is 4. The summed E-state index contributed by atoms with van der Waals surface area (Å²) in [6.07, 6.45) is 5.61. The van der Waals surface area contributed by atoms with Gasteiger partial charge in [-0.1, -0.05) is 23.2 Å². The molecule has 2 aromatic rings. The second-order valence-corrected chi connectivity index (χ2v) is 7.22. The van der Waals surface area contributed by atoms with E-state index in [9.17, 15) is 0 Å². The minimum absolute atomic E-state index is 0.171. The molecule has 0 amide bonds. The molecule has 1 saturated heterocycles. The SMILES string of the molecule is Cc1nc(N2CCC(C)([NH3+])CC2)cnc1-c1cnc(Cl)c(Cl)c1. The summed E-state index contributed by atoms with van der Waals surface area (Å²) in [5.41, 5.74) is 6.87. The molecule has 0 unspecified atom stereocenters. The van der Waals surface area contributed by atoms with E-state index in [-0.39, 0.29) is 5.54 Å². The number of quaternary nitrogens is 1. The fourth-order valence-corrected chi connectivity index (χ4v) is 3.00. The fraction of sp³-hybridized carbons (Fsp3) is 0.438. The summed E-state index contributed by atoms with van der Waals surface area (Å²) < 4.78 is 0. The van der Waals surface area contributed by atoms with E-state index in [1.54, 1.807) is 12.3 Å². The van der Waals surface area contributed by atoms with Crippen LogP contribution in [0.4, 0.5) is 5.82 Å². The van der Waals surface area contributed by atoms with Gasteiger partial charge in [-0.25, -0.2) is 9.97 Å². The highest BCUT2D eigenvalue weighted by Crippen LogP contribution is 2.28. The van der Waals surface area contributed by atoms with Crippen LogP contribution in [0.5, 0.6) is 0 Å². The number of hydrogen-bond acceptors (Lipinski definition) is 4. The van der Waals surface area contributed by atoms with Crippen molar-refractivity contribution >= 4 is 29.0 Å². The lowest BCUT2D eigenvalue weighted by molar-refractivity contribution is -0.475. The first kappa shape index (κ1) is 16.4. The molecule has 7 heteroatoms. The maximum atomic E-state index is 6.04. The highest BCUT2D eigenvalue weighted by atomic mass is 35.5. The fourth-order valence-electron chi connectivity index (χ4n) is 2.73. The van der Waals surface area contributed by atoms with E-state index >= 15 is 0 Å². The molecule has 0 saturated carbocycles. The van der Waals surface area contributed by atoms with E-state index < -0.39 is 0 Å². The molecule has 0 bridgehead atoms. The third kappa shape index (κ3) is 3.57. The van der Waals surface area contributed by atoms with Crippen molar-refractivity contribution in [3.05, 3.63) is 34.3 Å². The van der Waals surface area contributed by atoms with Crippen LogP contribution in [-0.2, 0) is 0 Å². The van der Waals surface area contributed by atoms with Crippen LogP contribution in [-0.4, -0.2) is 33.6 Å². The second-order valence-electron chi connectivity index (χ2n) is 6.46. The Bertz CT molecular complexity index is 722. The molecule has 3 rings (SSSR count). The van der Waals surface area contributed by atoms with Crippen LogP contribution in [0.15, 0.2) is 18.5 Å². The first-order valence-electron chi connectivity index (χ1n) is 7.61. The van der Waals surface area contributed by atoms with Crippen LogP contribution >= 0.6 is 23.2 Å². The van der Waals surface area contributed by atoms with E-state index in [1.807, 2.05) is 13.1 Å². The van der Waals surface area contributed by atoms with Crippen LogP contribution in [0, 0.1) is 6.92 Å². The summed E-state index contributed by atoms with van der Waals surface area (Å²) in [7, 11) is 0. The van der Waals surface area contributed by atoms with Gasteiger partial charge in [-0.2, -0.15) is 0 Å². The van der Waals surface area contributed by atoms with E-state index in [0.717, 1.165) is 48.7 Å². The Kier molecular flexibility index (Phi) is 4.45. The summed E-state index contributed by atoms with van der Waals surface area (Å²) in [4.78, 5) is 15.6. The molecular weight excluding hydrogens is 333 g/mol. The van der Waals surface area contributed by atoms with Crippen molar-refractivity contribution in [1.29, 1.82) is 0 Å². The van der Waals surface area contributed by atoms with Gasteiger partial charge in [0.2, 0.25) is 0 Å². The third-order valence-electron chi connectivity index (χ3n) is 4.30. The molecule has 3 N–H and O–H groups in total. The summed E-state index contributed by atoms with van der Waals surface area (Å²) >= 11 is 11.9. The quantitative estimate of drug-likeness (QED) is 0.843. The third-order valence-corrected chi connectivity index (χ3v) is 4.98. The molecule has 2 aromatic heterocycles. The Morgan fingerprint density at radius 3 is 2.48 bits per heavy atom. The van der Waals surface area contributed by atoms with Crippen molar-refractivity contribution in [2.75, 3.05) is 18.0 Å². The maximum Gasteiger partial charge on any atom is 0.147 e. The summed E-state index contributed by atoms with van der Waals surface area (Å²) in [5, 5.41) is 0.711. The normalized spacial score (nSPS) is 17.3. The van der Waals surface area contributed by atoms with Gasteiger partial charge in [0.1, 0.15) is 11.0 Å². The van der Waals surface area contributed by atoms with Gasteiger partial charge in [0.25, 0.3) is 0 Å². The summed E-state index contributed by atoms with van der Waals surface area (Å²) in [6, 6.07) is 1.77. The van der Waals surface area contributed by atoms with Crippen molar-refractivity contribution in [3.8, 4) is 11.3 Å². The lowest BCUT2D eigenvalue weighted by Gasteiger charge is -2.35. The van der Waals surface area contributed by atoms with Crippen molar-refractivity contribution in [1.82, 2.24) is 15.0 Å². The molecule has 1 fully saturated rings. The molecule has 0 spiro atoms. The van der Waals surface area contributed by atoms with Gasteiger partial charge < -0.3 is 10.6 Å². The number of piperidine rings is 1. The van der Waals surface area contributed by atoms with Crippen LogP contribution in [0.3, 0.4) is 0 Å². The van der Waals surface area contributed by atoms with Gasteiger partial charge in [0.15, 0.2) is 0 Å². The highest BCUT2D eigenvalue weighted by Gasteiger charge is 2.30. The Hall–Kier alpha value is -1.43. The number of hydrogen-bond donors (Lipinski definition) is 1. The van der Waals surface area contributed by atoms with Crippen molar-refractivity contribution in [3.63, 3.8) is 0 Å². The molecule has 3 heterocycles. The number of aryl methyl sites for hydroxylation is 1. The summed E-state index contributed by atoms with van der Waals surface area (Å²) in [6.45, 7) is 6.08. The maximum absolute atomic E-state index is 6.04. The first-order chi connectivity index (χ1) is 10.9. The number of aromatic nitrogens is 3. The lowest BCUT2D eigenvalue weighted by atomic mass is 9.91. The van der Waals surface area contributed by atoms with E-state index in [2.05, 4.69) is 27.5 Å². The van der Waals surface area contributed by atoms with Gasteiger partial charge >= 0.3 is 0 Å². The number of rotatable bonds is 2. The zero-order valence-electron chi connectivity index (χ0n) is 13.3. The van der Waals surface area contributed by atoms with Gasteiger partial charge in [0.05, 0.1) is 28.1 Å². The van der Waals surface area contributed by atoms with Crippen LogP contribution < -0.4 is 10.6 Å². The Balaban J connectivity index is 1.85. The molecule has 122 valence electrons. The first-order valence-corrected chi connectivity index (χ1v) is 8.37. The van der Waals surface area contributed by atoms with Crippen molar-refractivity contribution < 1.29 is 5.73 Å². The topological polar surface area (TPSA) is 69.6 Å². The van der Waals surface area contributed by atoms with E-state index in [0.29, 0.717) is 10.2 Å². The average molecular weight is 353 g/mol. The Labute approximate surface area is 145 Å². The zero-order chi connectivity index (χ0) is 16.6. The van der Waals surface area contributed by atoms with Crippen LogP contribution in [0.25, 0.3) is 11.3 Å². The predicted octanol–water partition coefficient (Wildman–Crippen LogP) is 2.75. The van der Waals surface area contributed by atoms with E-state index in [1.165, 1.54) is 0 Å². The molecule has 1 aliphatic rings. The van der Waals surface area contributed by atoms with Crippen molar-refractivity contribution in [2.45, 2.75) is 32.2 Å². The molecule has 1 aliphatic heterocycles. The summed E-state index contributed by atoms with van der Waals surface area (Å²) in [5.74, 6) is 0.912. The lowest BCUT2D eigenvalue weighted by Crippen LogP contribution is -2.73. The highest BCUT2D eigenvalue weighted by molar-refractivity contribution is 6.41. The van der Waals surface area contributed by atoms with E-state index in [4.69, 9.17) is 28.2 Å². The van der Waals surface area contributed by atoms with Gasteiger partial charge in [-0.15, -0.1) is 0 Å². The number of pyridine rings is 1. The minimum atomic E-state index is 0.171. The molecule has 5 nitrogen and oxygen atoms in total. The predicted molar refractivity (Wildman–Crippen MR) is 92.8 cm³/mol. The standard InChI is InChI=1S/C16H19Cl2N5/c1-10-14(11-7-12(17)15(18)21-8-11)20-9-13(22-10)23-5-3-16(2,19)4-6-23/h7-9H,3-6,19H2,1-2H3/p+1. The van der Waals surface area contributed by atoms with Gasteiger partial charge in [-0.3, -0.25) is 4.98 Å². The van der Waals surface area contributed by atoms with Crippen LogP contribution in [0.2, 0.25) is 10.2 Å². The Morgan fingerprint density at radius 2 is 1.87 bits per heavy atom. The molecule has 0 aromatic carbocycles. The molecule has 0 aliphatic carbocycles. The van der Waals surface area contributed by atoms with Crippen LogP contribution in [0.1, 0.15) is 25.5 Å². The molecule has 0 radical (unpaired) electrons. The van der Waals surface area contributed by atoms with Gasteiger partial charge in [0, 0.05) is 37.7 Å². The zero-order valence-corrected chi connectivity index (χ0v) is 14.8. The van der Waals surface area contributed by atoms with Gasteiger partial charge in [-0.05, 0) is 19.9 Å². The largest absolute Gasteiger partial charge is 0.355 e. The minimum Gasteiger partial charge on any atom is -0.355 e. The molecular formula is C16H20Cl2N5+. The van der Waals surface area contributed by atoms with Crippen molar-refractivity contribution in [2.24, 2.45) is 0 Å². The Morgan fingerprint density at radius 1 is 1.17 bits per heavy atom. The number of halogens is 2. The molecule has 23 heavy (non-hydrogen) atoms. The molecule has 0 atom stereocenters. The number of anilines is 1. The second kappa shape index (κ2) is 6.23. The smallest absolute Gasteiger partial charge is 0.147 e. The monoisotopic (exact) mass is 352 g/mol. The average Bonchev–Trinajstić information content (AvgIpc) is 2.50.